The lowest BCUT2D eigenvalue weighted by atomic mass is 9.72. The van der Waals surface area contributed by atoms with Gasteiger partial charge in [0.15, 0.2) is 11.5 Å². The molecule has 35 heavy (non-hydrogen) atoms. The minimum Gasteiger partial charge on any atom is -0.321 e. The van der Waals surface area contributed by atoms with Gasteiger partial charge in [-0.1, -0.05) is 61.5 Å². The molecule has 1 fully saturated rings. The number of hydrogen-bond acceptors (Lipinski definition) is 5. The highest BCUT2D eigenvalue weighted by Crippen LogP contribution is 2.40. The predicted octanol–water partition coefficient (Wildman–Crippen LogP) is 5.40. The van der Waals surface area contributed by atoms with Crippen molar-refractivity contribution >= 4 is 16.6 Å². The van der Waals surface area contributed by atoms with Gasteiger partial charge in [0, 0.05) is 28.2 Å². The Morgan fingerprint density at radius 3 is 2.43 bits per heavy atom. The molecule has 5 aromatic rings. The number of hydrogen-bond donors (Lipinski definition) is 1. The van der Waals surface area contributed by atoms with E-state index < -0.39 is 0 Å². The van der Waals surface area contributed by atoms with E-state index in [-0.39, 0.29) is 5.54 Å². The summed E-state index contributed by atoms with van der Waals surface area (Å²) in [5.74, 6) is 0.930. The quantitative estimate of drug-likeness (QED) is 0.366. The fraction of sp³-hybridized carbons (Fsp3) is 0.276. The predicted molar refractivity (Wildman–Crippen MR) is 141 cm³/mol. The Morgan fingerprint density at radius 2 is 1.74 bits per heavy atom. The molecule has 1 aliphatic rings. The molecule has 0 atom stereocenters. The number of benzene rings is 2. The second kappa shape index (κ2) is 8.56. The fourth-order valence-electron chi connectivity index (χ4n) is 4.97. The third kappa shape index (κ3) is 3.79. The van der Waals surface area contributed by atoms with Crippen LogP contribution in [0.1, 0.15) is 37.6 Å². The van der Waals surface area contributed by atoms with E-state index in [1.165, 1.54) is 12.0 Å². The molecule has 1 aliphatic carbocycles. The molecule has 0 aliphatic heterocycles. The highest BCUT2D eigenvalue weighted by Gasteiger charge is 2.34. The summed E-state index contributed by atoms with van der Waals surface area (Å²) in [6.45, 7) is 3.84. The van der Waals surface area contributed by atoms with Crippen LogP contribution in [-0.4, -0.2) is 38.1 Å². The van der Waals surface area contributed by atoms with Crippen LogP contribution in [0.25, 0.3) is 38.9 Å². The topological polar surface area (TPSA) is 72.3 Å². The van der Waals surface area contributed by atoms with E-state index in [0.717, 1.165) is 70.7 Å². The number of nitrogens with zero attached hydrogens (tertiary/aromatic N) is 5. The molecule has 3 heterocycles. The van der Waals surface area contributed by atoms with Gasteiger partial charge in [-0.25, -0.2) is 4.98 Å². The van der Waals surface area contributed by atoms with Crippen LogP contribution in [-0.2, 0) is 12.1 Å². The van der Waals surface area contributed by atoms with Gasteiger partial charge in [0.1, 0.15) is 0 Å². The van der Waals surface area contributed by atoms with Crippen molar-refractivity contribution < 1.29 is 0 Å². The number of rotatable bonds is 6. The molecule has 6 rings (SSSR count). The van der Waals surface area contributed by atoms with Crippen molar-refractivity contribution in [3.05, 3.63) is 84.3 Å². The van der Waals surface area contributed by atoms with Crippen LogP contribution >= 0.6 is 0 Å². The molecular weight excluding hydrogens is 432 g/mol. The molecule has 176 valence electrons. The van der Waals surface area contributed by atoms with Crippen molar-refractivity contribution in [1.82, 2.24) is 24.5 Å². The van der Waals surface area contributed by atoms with Gasteiger partial charge in [-0.3, -0.25) is 9.30 Å². The highest BCUT2D eigenvalue weighted by molar-refractivity contribution is 5.98. The lowest BCUT2D eigenvalue weighted by Gasteiger charge is -2.38. The molecule has 0 radical (unpaired) electrons. The van der Waals surface area contributed by atoms with Crippen molar-refractivity contribution in [2.75, 3.05) is 13.6 Å². The number of aromatic nitrogens is 4. The largest absolute Gasteiger partial charge is 0.321 e. The molecule has 0 bridgehead atoms. The Kier molecular flexibility index (Phi) is 5.35. The maximum absolute atomic E-state index is 6.57. The number of fused-ring (bicyclic) bond motifs is 3. The maximum atomic E-state index is 6.57. The van der Waals surface area contributed by atoms with E-state index in [1.54, 1.807) is 0 Å². The normalized spacial score (nSPS) is 15.1. The van der Waals surface area contributed by atoms with Crippen molar-refractivity contribution in [2.24, 2.45) is 5.73 Å². The van der Waals surface area contributed by atoms with Crippen LogP contribution in [0.5, 0.6) is 0 Å². The smallest absolute Gasteiger partial charge is 0.170 e. The monoisotopic (exact) mass is 462 g/mol. The molecular formula is C29H30N6. The van der Waals surface area contributed by atoms with Crippen LogP contribution in [0, 0.1) is 0 Å². The molecule has 1 saturated carbocycles. The van der Waals surface area contributed by atoms with Crippen molar-refractivity contribution in [3.8, 4) is 22.4 Å². The average Bonchev–Trinajstić information content (AvgIpc) is 3.30. The van der Waals surface area contributed by atoms with Gasteiger partial charge in [-0.2, -0.15) is 0 Å². The number of pyridine rings is 2. The van der Waals surface area contributed by atoms with Gasteiger partial charge in [0.05, 0.1) is 17.8 Å². The first-order valence-corrected chi connectivity index (χ1v) is 12.4. The van der Waals surface area contributed by atoms with Crippen LogP contribution in [0.4, 0.5) is 0 Å². The van der Waals surface area contributed by atoms with E-state index in [2.05, 4.69) is 94.1 Å². The summed E-state index contributed by atoms with van der Waals surface area (Å²) < 4.78 is 2.08. The Morgan fingerprint density at radius 1 is 0.971 bits per heavy atom. The summed E-state index contributed by atoms with van der Waals surface area (Å²) in [5, 5.41) is 10.1. The molecule has 3 aromatic heterocycles. The second-order valence-corrected chi connectivity index (χ2v) is 9.73. The lowest BCUT2D eigenvalue weighted by molar-refractivity contribution is 0.253. The molecule has 0 unspecified atom stereocenters. The summed E-state index contributed by atoms with van der Waals surface area (Å²) in [7, 11) is 2.09. The average molecular weight is 463 g/mol. The summed E-state index contributed by atoms with van der Waals surface area (Å²) >= 11 is 0. The zero-order valence-corrected chi connectivity index (χ0v) is 20.3. The molecule has 2 aromatic carbocycles. The molecule has 6 heteroatoms. The third-order valence-electron chi connectivity index (χ3n) is 7.46. The first kappa shape index (κ1) is 21.9. The minimum absolute atomic E-state index is 0.166. The van der Waals surface area contributed by atoms with E-state index in [9.17, 15) is 0 Å². The standard InChI is InChI=1S/C29H30N6/c1-3-34(2)19-26-32-33-28-24-18-23(20-8-5-4-6-9-20)27(31-25(24)14-17-35(26)28)21-10-12-22(13-11-21)29(30)15-7-16-29/h4-6,8-14,17-18H,3,7,15-16,19,30H2,1-2H3. The molecule has 0 saturated heterocycles. The van der Waals surface area contributed by atoms with Gasteiger partial charge in [-0.05, 0) is 56.1 Å². The first-order chi connectivity index (χ1) is 17.1. The molecule has 6 nitrogen and oxygen atoms in total. The highest BCUT2D eigenvalue weighted by atomic mass is 15.3. The van der Waals surface area contributed by atoms with Gasteiger partial charge >= 0.3 is 0 Å². The zero-order chi connectivity index (χ0) is 24.0. The van der Waals surface area contributed by atoms with Gasteiger partial charge in [0.25, 0.3) is 0 Å². The van der Waals surface area contributed by atoms with Crippen LogP contribution < -0.4 is 5.73 Å². The minimum atomic E-state index is -0.166. The zero-order valence-electron chi connectivity index (χ0n) is 20.3. The Hall–Kier alpha value is -3.61. The lowest BCUT2D eigenvalue weighted by Crippen LogP contribution is -2.43. The van der Waals surface area contributed by atoms with Gasteiger partial charge < -0.3 is 5.73 Å². The van der Waals surface area contributed by atoms with Crippen molar-refractivity contribution in [3.63, 3.8) is 0 Å². The van der Waals surface area contributed by atoms with Crippen LogP contribution in [0.2, 0.25) is 0 Å². The molecule has 0 spiro atoms. The van der Waals surface area contributed by atoms with Crippen molar-refractivity contribution in [1.29, 1.82) is 0 Å². The van der Waals surface area contributed by atoms with Gasteiger partial charge in [0.2, 0.25) is 0 Å². The molecule has 0 amide bonds. The second-order valence-electron chi connectivity index (χ2n) is 9.73. The summed E-state index contributed by atoms with van der Waals surface area (Å²) in [4.78, 5) is 7.38. The Bertz CT molecular complexity index is 1500. The van der Waals surface area contributed by atoms with E-state index >= 15 is 0 Å². The van der Waals surface area contributed by atoms with Crippen LogP contribution in [0.3, 0.4) is 0 Å². The van der Waals surface area contributed by atoms with E-state index in [0.29, 0.717) is 0 Å². The summed E-state index contributed by atoms with van der Waals surface area (Å²) in [6.07, 6.45) is 5.35. The maximum Gasteiger partial charge on any atom is 0.170 e. The Balaban J connectivity index is 1.52. The summed E-state index contributed by atoms with van der Waals surface area (Å²) in [5.41, 5.74) is 13.6. The van der Waals surface area contributed by atoms with Crippen LogP contribution in [0.15, 0.2) is 72.9 Å². The summed E-state index contributed by atoms with van der Waals surface area (Å²) in [6, 6.07) is 23.4. The Labute approximate surface area is 205 Å². The SMILES string of the molecule is CCN(C)Cc1nnc2c3cc(-c4ccccc4)c(-c4ccc(C5(N)CCC5)cc4)nc3ccn12. The van der Waals surface area contributed by atoms with E-state index in [1.807, 2.05) is 12.3 Å². The molecule has 2 N–H and O–H groups in total. The van der Waals surface area contributed by atoms with E-state index in [4.69, 9.17) is 10.7 Å². The fourth-order valence-corrected chi connectivity index (χ4v) is 4.97. The van der Waals surface area contributed by atoms with Crippen molar-refractivity contribution in [2.45, 2.75) is 38.3 Å². The third-order valence-corrected chi connectivity index (χ3v) is 7.46. The van der Waals surface area contributed by atoms with Gasteiger partial charge in [-0.15, -0.1) is 10.2 Å². The number of nitrogens with two attached hydrogens (primary N) is 1. The first-order valence-electron chi connectivity index (χ1n) is 12.4.